The molecule has 68 valence electrons. The van der Waals surface area contributed by atoms with Gasteiger partial charge in [0.25, 0.3) is 0 Å². The average Bonchev–Trinajstić information content (AvgIpc) is 2.29. The van der Waals surface area contributed by atoms with E-state index in [0.717, 1.165) is 0 Å². The van der Waals surface area contributed by atoms with E-state index in [0.29, 0.717) is 10.2 Å². The fourth-order valence-corrected chi connectivity index (χ4v) is 2.82. The topological polar surface area (TPSA) is 78.0 Å². The van der Waals surface area contributed by atoms with Gasteiger partial charge < -0.3 is 0 Å². The summed E-state index contributed by atoms with van der Waals surface area (Å²) in [4.78, 5) is 0.0879. The molecule has 0 saturated carbocycles. The van der Waals surface area contributed by atoms with E-state index in [2.05, 4.69) is 5.10 Å². The molecule has 7 heteroatoms. The molecule has 0 saturated heterocycles. The van der Waals surface area contributed by atoms with Crippen LogP contribution in [0.3, 0.4) is 0 Å². The Kier molecular flexibility index (Phi) is 2.74. The van der Waals surface area contributed by atoms with Gasteiger partial charge in [0.05, 0.1) is 6.20 Å². The lowest BCUT2D eigenvalue weighted by molar-refractivity contribution is 0.595. The predicted octanol–water partition coefficient (Wildman–Crippen LogP) is 0.155. The molecule has 0 spiro atoms. The Balaban J connectivity index is 3.30. The molecule has 5 nitrogen and oxygen atoms in total. The van der Waals surface area contributed by atoms with Crippen molar-refractivity contribution in [3.05, 3.63) is 9.90 Å². The summed E-state index contributed by atoms with van der Waals surface area (Å²) in [6.07, 6.45) is 1.26. The number of rotatable bonds is 2. The minimum atomic E-state index is -3.61. The molecule has 0 aliphatic heterocycles. The van der Waals surface area contributed by atoms with Gasteiger partial charge in [-0.3, -0.25) is 4.68 Å². The van der Waals surface area contributed by atoms with Crippen molar-refractivity contribution in [1.82, 2.24) is 9.78 Å². The van der Waals surface area contributed by atoms with Crippen molar-refractivity contribution in [3.8, 4) is 0 Å². The zero-order valence-corrected chi connectivity index (χ0v) is 9.33. The number of primary sulfonamides is 1. The minimum Gasteiger partial charge on any atom is -0.258 e. The summed E-state index contributed by atoms with van der Waals surface area (Å²) in [5, 5.41) is 8.79. The second kappa shape index (κ2) is 3.30. The maximum Gasteiger partial charge on any atom is 0.242 e. The van der Waals surface area contributed by atoms with Crippen LogP contribution in [0.25, 0.3) is 0 Å². The maximum absolute atomic E-state index is 10.9. The zero-order chi connectivity index (χ0) is 9.35. The van der Waals surface area contributed by atoms with Crippen LogP contribution in [0, 0.1) is 3.70 Å². The number of hydrogen-bond donors (Lipinski definition) is 1. The quantitative estimate of drug-likeness (QED) is 0.790. The molecule has 0 bridgehead atoms. The molecule has 0 amide bonds. The Morgan fingerprint density at radius 1 is 1.75 bits per heavy atom. The molecule has 1 aromatic rings. The fourth-order valence-electron chi connectivity index (χ4n) is 0.765. The first-order valence-corrected chi connectivity index (χ1v) is 5.83. The van der Waals surface area contributed by atoms with Crippen molar-refractivity contribution < 1.29 is 8.42 Å². The van der Waals surface area contributed by atoms with Gasteiger partial charge in [-0.1, -0.05) is 0 Å². The van der Waals surface area contributed by atoms with Gasteiger partial charge in [0.15, 0.2) is 0 Å². The first kappa shape index (κ1) is 9.93. The Labute approximate surface area is 84.1 Å². The lowest BCUT2D eigenvalue weighted by atomic mass is 10.7. The average molecular weight is 301 g/mol. The summed E-state index contributed by atoms with van der Waals surface area (Å²) in [6.45, 7) is 2.51. The number of hydrogen-bond acceptors (Lipinski definition) is 3. The first-order chi connectivity index (χ1) is 5.46. The van der Waals surface area contributed by atoms with E-state index in [9.17, 15) is 8.42 Å². The van der Waals surface area contributed by atoms with Crippen LogP contribution < -0.4 is 5.14 Å². The smallest absolute Gasteiger partial charge is 0.242 e. The van der Waals surface area contributed by atoms with Crippen molar-refractivity contribution in [2.45, 2.75) is 18.4 Å². The molecule has 1 rings (SSSR count). The molecule has 0 radical (unpaired) electrons. The summed E-state index contributed by atoms with van der Waals surface area (Å²) >= 11 is 1.90. The number of aryl methyl sites for hydroxylation is 1. The van der Waals surface area contributed by atoms with E-state index >= 15 is 0 Å². The fraction of sp³-hybridized carbons (Fsp3) is 0.400. The second-order valence-corrected chi connectivity index (χ2v) is 4.71. The Hall–Kier alpha value is -0.150. The number of halogens is 1. The van der Waals surface area contributed by atoms with E-state index < -0.39 is 10.0 Å². The molecule has 2 N–H and O–H groups in total. The van der Waals surface area contributed by atoms with Gasteiger partial charge in [0, 0.05) is 6.54 Å². The van der Waals surface area contributed by atoms with Crippen LogP contribution in [-0.4, -0.2) is 18.2 Å². The van der Waals surface area contributed by atoms with Crippen LogP contribution in [0.15, 0.2) is 11.1 Å². The van der Waals surface area contributed by atoms with Crippen LogP contribution in [0.5, 0.6) is 0 Å². The molecule has 0 aromatic carbocycles. The van der Waals surface area contributed by atoms with Crippen molar-refractivity contribution >= 4 is 32.6 Å². The molecule has 0 atom stereocenters. The van der Waals surface area contributed by atoms with Gasteiger partial charge in [-0.2, -0.15) is 5.10 Å². The molecule has 1 heterocycles. The van der Waals surface area contributed by atoms with E-state index in [-0.39, 0.29) is 4.90 Å². The molecule has 0 unspecified atom stereocenters. The highest BCUT2D eigenvalue weighted by Crippen LogP contribution is 2.15. The van der Waals surface area contributed by atoms with E-state index in [1.807, 2.05) is 29.5 Å². The van der Waals surface area contributed by atoms with Gasteiger partial charge in [0.1, 0.15) is 8.60 Å². The van der Waals surface area contributed by atoms with Crippen molar-refractivity contribution in [2.24, 2.45) is 5.14 Å². The molecule has 1 aromatic heterocycles. The molecule has 0 aliphatic rings. The van der Waals surface area contributed by atoms with Gasteiger partial charge in [0.2, 0.25) is 10.0 Å². The summed E-state index contributed by atoms with van der Waals surface area (Å²) in [7, 11) is -3.61. The number of sulfonamides is 1. The largest absolute Gasteiger partial charge is 0.258 e. The molecular weight excluding hydrogens is 293 g/mol. The van der Waals surface area contributed by atoms with Crippen molar-refractivity contribution in [1.29, 1.82) is 0 Å². The van der Waals surface area contributed by atoms with E-state index in [4.69, 9.17) is 5.14 Å². The molecular formula is C5H8IN3O2S. The summed E-state index contributed by atoms with van der Waals surface area (Å²) < 4.78 is 23.9. The van der Waals surface area contributed by atoms with Gasteiger partial charge >= 0.3 is 0 Å². The van der Waals surface area contributed by atoms with Crippen LogP contribution in [0.2, 0.25) is 0 Å². The Bertz CT molecular complexity index is 383. The molecule has 0 fully saturated rings. The van der Waals surface area contributed by atoms with E-state index in [1.165, 1.54) is 6.20 Å². The predicted molar refractivity (Wildman–Crippen MR) is 52.0 cm³/mol. The number of nitrogens with two attached hydrogens (primary N) is 1. The highest BCUT2D eigenvalue weighted by molar-refractivity contribution is 14.1. The third kappa shape index (κ3) is 1.77. The van der Waals surface area contributed by atoms with Gasteiger partial charge in [-0.05, 0) is 29.5 Å². The monoisotopic (exact) mass is 301 g/mol. The lowest BCUT2D eigenvalue weighted by Gasteiger charge is -1.97. The summed E-state index contributed by atoms with van der Waals surface area (Å²) in [5.74, 6) is 0. The van der Waals surface area contributed by atoms with E-state index in [1.54, 1.807) is 4.68 Å². The first-order valence-electron chi connectivity index (χ1n) is 3.21. The van der Waals surface area contributed by atoms with Gasteiger partial charge in [-0.25, -0.2) is 13.6 Å². The van der Waals surface area contributed by atoms with Crippen LogP contribution in [0.4, 0.5) is 0 Å². The summed E-state index contributed by atoms with van der Waals surface area (Å²) in [5.41, 5.74) is 0. The number of aromatic nitrogens is 2. The minimum absolute atomic E-state index is 0.0879. The second-order valence-electron chi connectivity index (χ2n) is 2.16. The van der Waals surface area contributed by atoms with Crippen molar-refractivity contribution in [2.75, 3.05) is 0 Å². The zero-order valence-electron chi connectivity index (χ0n) is 6.36. The molecule has 12 heavy (non-hydrogen) atoms. The maximum atomic E-state index is 10.9. The van der Waals surface area contributed by atoms with Crippen LogP contribution in [0.1, 0.15) is 6.92 Å². The highest BCUT2D eigenvalue weighted by atomic mass is 127. The normalized spacial score (nSPS) is 11.9. The summed E-state index contributed by atoms with van der Waals surface area (Å²) in [6, 6.07) is 0. The van der Waals surface area contributed by atoms with Crippen LogP contribution >= 0.6 is 22.6 Å². The SMILES string of the molecule is CCn1ncc(S(N)(=O)=O)c1I. The third-order valence-corrected chi connectivity index (χ3v) is 3.77. The van der Waals surface area contributed by atoms with Crippen molar-refractivity contribution in [3.63, 3.8) is 0 Å². The van der Waals surface area contributed by atoms with Gasteiger partial charge in [-0.15, -0.1) is 0 Å². The standard InChI is InChI=1S/C5H8IN3O2S/c1-2-9-5(6)4(3-8-9)12(7,10)11/h3H,2H2,1H3,(H2,7,10,11). The molecule has 0 aliphatic carbocycles. The Morgan fingerprint density at radius 3 is 2.58 bits per heavy atom. The van der Waals surface area contributed by atoms with Crippen LogP contribution in [-0.2, 0) is 16.6 Å². The Morgan fingerprint density at radius 2 is 2.33 bits per heavy atom. The third-order valence-electron chi connectivity index (χ3n) is 1.35. The lowest BCUT2D eigenvalue weighted by Crippen LogP contribution is -2.13. The number of nitrogens with zero attached hydrogens (tertiary/aromatic N) is 2. The highest BCUT2D eigenvalue weighted by Gasteiger charge is 2.16.